The minimum atomic E-state index is -0.0998. The minimum Gasteiger partial charge on any atom is -0.490 e. The van der Waals surface area contributed by atoms with E-state index in [1.807, 2.05) is 47.1 Å². The van der Waals surface area contributed by atoms with Crippen LogP contribution in [0.3, 0.4) is 0 Å². The van der Waals surface area contributed by atoms with Crippen LogP contribution in [0.15, 0.2) is 34.7 Å². The topological polar surface area (TPSA) is 66.2 Å². The van der Waals surface area contributed by atoms with Gasteiger partial charge in [-0.3, -0.25) is 9.59 Å². The van der Waals surface area contributed by atoms with Crippen molar-refractivity contribution < 1.29 is 18.7 Å². The Morgan fingerprint density at radius 1 is 1.00 bits per heavy atom. The summed E-state index contributed by atoms with van der Waals surface area (Å²) in [7, 11) is 2.09. The lowest BCUT2D eigenvalue weighted by atomic mass is 9.89. The fourth-order valence-electron chi connectivity index (χ4n) is 5.77. The lowest BCUT2D eigenvalue weighted by Crippen LogP contribution is -2.51. The number of hydrogen-bond acceptors (Lipinski definition) is 5. The van der Waals surface area contributed by atoms with E-state index in [1.54, 1.807) is 0 Å². The molecule has 2 fully saturated rings. The molecule has 188 valence electrons. The second kappa shape index (κ2) is 10.4. The van der Waals surface area contributed by atoms with E-state index in [-0.39, 0.29) is 23.8 Å². The number of ether oxygens (including phenoxy) is 1. The zero-order valence-corrected chi connectivity index (χ0v) is 21.0. The number of amides is 2. The normalized spacial score (nSPS) is 23.1. The first-order chi connectivity index (χ1) is 17.0. The Kier molecular flexibility index (Phi) is 7.14. The van der Waals surface area contributed by atoms with Gasteiger partial charge in [-0.1, -0.05) is 18.2 Å². The zero-order chi connectivity index (χ0) is 24.4. The predicted molar refractivity (Wildman–Crippen MR) is 134 cm³/mol. The molecule has 0 spiro atoms. The number of piperazine rings is 1. The number of piperidine rings is 1. The van der Waals surface area contributed by atoms with Crippen molar-refractivity contribution in [2.45, 2.75) is 51.6 Å². The molecule has 2 atom stereocenters. The van der Waals surface area contributed by atoms with Crippen LogP contribution >= 0.6 is 0 Å². The first kappa shape index (κ1) is 23.9. The van der Waals surface area contributed by atoms with Gasteiger partial charge in [0.25, 0.3) is 5.91 Å². The van der Waals surface area contributed by atoms with Crippen LogP contribution in [-0.4, -0.2) is 78.9 Å². The van der Waals surface area contributed by atoms with Crippen molar-refractivity contribution in [3.05, 3.63) is 53.0 Å². The van der Waals surface area contributed by atoms with E-state index in [2.05, 4.69) is 11.9 Å². The second-order valence-corrected chi connectivity index (χ2v) is 10.3. The van der Waals surface area contributed by atoms with E-state index in [4.69, 9.17) is 9.15 Å². The Labute approximate surface area is 208 Å². The molecule has 5 rings (SSSR count). The number of aryl methyl sites for hydroxylation is 2. The summed E-state index contributed by atoms with van der Waals surface area (Å²) >= 11 is 0. The maximum atomic E-state index is 13.7. The Balaban J connectivity index is 1.33. The number of furan rings is 1. The quantitative estimate of drug-likeness (QED) is 0.656. The van der Waals surface area contributed by atoms with Gasteiger partial charge in [0.2, 0.25) is 5.91 Å². The standard InChI is InChI=1S/C28H37N3O4/c1-20-27(23-10-6-7-11-25(23)34-20)28(33)31-13-12-24(35-22-8-4-3-5-9-22)21(19-31)18-26(32)30-16-14-29(2)15-17-30/h3-5,8-9,21,24H,6-7,10-19H2,1-2H3/t21-,24-/m0/s1. The Hall–Kier alpha value is -2.80. The molecule has 0 bridgehead atoms. The number of hydrogen-bond donors (Lipinski definition) is 0. The summed E-state index contributed by atoms with van der Waals surface area (Å²) in [5, 5.41) is 0. The average Bonchev–Trinajstić information content (AvgIpc) is 3.21. The molecule has 1 aromatic carbocycles. The molecule has 2 saturated heterocycles. The van der Waals surface area contributed by atoms with E-state index >= 15 is 0 Å². The molecule has 0 saturated carbocycles. The van der Waals surface area contributed by atoms with E-state index in [0.29, 0.717) is 25.9 Å². The van der Waals surface area contributed by atoms with Gasteiger partial charge in [0, 0.05) is 70.0 Å². The molecule has 0 N–H and O–H groups in total. The lowest BCUT2D eigenvalue weighted by Gasteiger charge is -2.40. The van der Waals surface area contributed by atoms with E-state index in [0.717, 1.165) is 80.3 Å². The summed E-state index contributed by atoms with van der Waals surface area (Å²) in [6, 6.07) is 9.80. The maximum absolute atomic E-state index is 13.7. The highest BCUT2D eigenvalue weighted by Gasteiger charge is 2.37. The van der Waals surface area contributed by atoms with Gasteiger partial charge >= 0.3 is 0 Å². The molecule has 7 heteroatoms. The van der Waals surface area contributed by atoms with Gasteiger partial charge in [-0.05, 0) is 45.4 Å². The largest absolute Gasteiger partial charge is 0.490 e. The number of para-hydroxylation sites is 1. The third-order valence-corrected chi connectivity index (χ3v) is 7.84. The molecule has 2 aliphatic heterocycles. The third kappa shape index (κ3) is 5.25. The molecule has 0 unspecified atom stereocenters. The van der Waals surface area contributed by atoms with Crippen LogP contribution in [0.5, 0.6) is 5.75 Å². The van der Waals surface area contributed by atoms with Gasteiger partial charge in [-0.25, -0.2) is 0 Å². The molecule has 3 aliphatic rings. The van der Waals surface area contributed by atoms with Gasteiger partial charge < -0.3 is 23.9 Å². The summed E-state index contributed by atoms with van der Waals surface area (Å²) in [5.41, 5.74) is 1.86. The molecule has 2 amide bonds. The second-order valence-electron chi connectivity index (χ2n) is 10.3. The van der Waals surface area contributed by atoms with E-state index in [9.17, 15) is 9.59 Å². The molecular weight excluding hydrogens is 442 g/mol. The summed E-state index contributed by atoms with van der Waals surface area (Å²) < 4.78 is 12.4. The fourth-order valence-corrected chi connectivity index (χ4v) is 5.77. The minimum absolute atomic E-state index is 0.0459. The monoisotopic (exact) mass is 479 g/mol. The van der Waals surface area contributed by atoms with Gasteiger partial charge in [0.1, 0.15) is 23.4 Å². The van der Waals surface area contributed by atoms with Crippen LogP contribution < -0.4 is 4.74 Å². The fraction of sp³-hybridized carbons (Fsp3) is 0.571. The number of rotatable bonds is 5. The SMILES string of the molecule is Cc1oc2c(c1C(=O)N1CC[C@H](Oc3ccccc3)[C@@H](CC(=O)N3CCN(C)CC3)C1)CCCC2. The van der Waals surface area contributed by atoms with Crippen LogP contribution in [0.4, 0.5) is 0 Å². The molecule has 7 nitrogen and oxygen atoms in total. The van der Waals surface area contributed by atoms with Crippen molar-refractivity contribution in [3.8, 4) is 5.75 Å². The Bertz CT molecular complexity index is 1040. The number of benzene rings is 1. The van der Waals surface area contributed by atoms with Crippen molar-refractivity contribution in [1.29, 1.82) is 0 Å². The van der Waals surface area contributed by atoms with Crippen LogP contribution in [0, 0.1) is 12.8 Å². The molecule has 35 heavy (non-hydrogen) atoms. The number of fused-ring (bicyclic) bond motifs is 1. The van der Waals surface area contributed by atoms with Gasteiger partial charge in [0.05, 0.1) is 5.56 Å². The number of likely N-dealkylation sites (N-methyl/N-ethyl adjacent to an activating group) is 1. The Morgan fingerprint density at radius 3 is 2.51 bits per heavy atom. The van der Waals surface area contributed by atoms with Crippen molar-refractivity contribution in [2.75, 3.05) is 46.3 Å². The molecular formula is C28H37N3O4. The first-order valence-corrected chi connectivity index (χ1v) is 13.1. The molecule has 0 radical (unpaired) electrons. The third-order valence-electron chi connectivity index (χ3n) is 7.84. The summed E-state index contributed by atoms with van der Waals surface area (Å²) in [4.78, 5) is 33.1. The van der Waals surface area contributed by atoms with Crippen LogP contribution in [0.25, 0.3) is 0 Å². The highest BCUT2D eigenvalue weighted by molar-refractivity contribution is 5.97. The summed E-state index contributed by atoms with van der Waals surface area (Å²) in [6.45, 7) is 6.37. The van der Waals surface area contributed by atoms with Gasteiger partial charge in [0.15, 0.2) is 0 Å². The number of likely N-dealkylation sites (tertiary alicyclic amines) is 1. The summed E-state index contributed by atoms with van der Waals surface area (Å²) in [6.07, 6.45) is 5.05. The van der Waals surface area contributed by atoms with Crippen LogP contribution in [0.2, 0.25) is 0 Å². The number of nitrogens with zero attached hydrogens (tertiary/aromatic N) is 3. The van der Waals surface area contributed by atoms with Crippen LogP contribution in [0.1, 0.15) is 53.1 Å². The number of carbonyl (C=O) groups is 2. The summed E-state index contributed by atoms with van der Waals surface area (Å²) in [5.74, 6) is 2.69. The highest BCUT2D eigenvalue weighted by Crippen LogP contribution is 2.33. The molecule has 1 aliphatic carbocycles. The van der Waals surface area contributed by atoms with Crippen molar-refractivity contribution in [1.82, 2.24) is 14.7 Å². The predicted octanol–water partition coefficient (Wildman–Crippen LogP) is 3.54. The molecule has 2 aromatic rings. The lowest BCUT2D eigenvalue weighted by molar-refractivity contribution is -0.135. The van der Waals surface area contributed by atoms with E-state index in [1.165, 1.54) is 0 Å². The highest BCUT2D eigenvalue weighted by atomic mass is 16.5. The first-order valence-electron chi connectivity index (χ1n) is 13.1. The van der Waals surface area contributed by atoms with Crippen molar-refractivity contribution in [2.24, 2.45) is 5.92 Å². The zero-order valence-electron chi connectivity index (χ0n) is 21.0. The van der Waals surface area contributed by atoms with Crippen molar-refractivity contribution >= 4 is 11.8 Å². The number of carbonyl (C=O) groups excluding carboxylic acids is 2. The molecule has 1 aromatic heterocycles. The average molecular weight is 480 g/mol. The smallest absolute Gasteiger partial charge is 0.257 e. The van der Waals surface area contributed by atoms with Gasteiger partial charge in [-0.15, -0.1) is 0 Å². The maximum Gasteiger partial charge on any atom is 0.257 e. The van der Waals surface area contributed by atoms with Gasteiger partial charge in [-0.2, -0.15) is 0 Å². The molecule has 3 heterocycles. The van der Waals surface area contributed by atoms with Crippen LogP contribution in [-0.2, 0) is 17.6 Å². The van der Waals surface area contributed by atoms with E-state index < -0.39 is 0 Å². The Morgan fingerprint density at radius 2 is 1.74 bits per heavy atom. The van der Waals surface area contributed by atoms with Crippen molar-refractivity contribution in [3.63, 3.8) is 0 Å².